The fraction of sp³-hybridized carbons (Fsp3) is 0.333. The average Bonchev–Trinajstić information content (AvgIpc) is 3.07. The first kappa shape index (κ1) is 21.4. The van der Waals surface area contributed by atoms with Crippen LogP contribution in [0.3, 0.4) is 0 Å². The van der Waals surface area contributed by atoms with Crippen LogP contribution in [0.5, 0.6) is 17.2 Å². The first-order valence-corrected chi connectivity index (χ1v) is 9.10. The van der Waals surface area contributed by atoms with E-state index in [1.165, 1.54) is 26.4 Å². The Morgan fingerprint density at radius 1 is 1.13 bits per heavy atom. The van der Waals surface area contributed by atoms with Gasteiger partial charge < -0.3 is 24.2 Å². The van der Waals surface area contributed by atoms with Crippen molar-refractivity contribution < 1.29 is 37.7 Å². The number of carboxylic acid groups (broad SMARTS) is 1. The lowest BCUT2D eigenvalue weighted by Crippen LogP contribution is -2.40. The summed E-state index contributed by atoms with van der Waals surface area (Å²) in [5.74, 6) is -5.06. The number of ether oxygens (including phenoxy) is 3. The highest BCUT2D eigenvalue weighted by Crippen LogP contribution is 2.40. The molecule has 0 unspecified atom stereocenters. The normalized spacial score (nSPS) is 17.5. The SMILES string of the molecule is COc1cc(C(=O)N2CC(F)(F)C[C@H]2C(=O)O)cc(OC)c1OCc1ccccc1. The second kappa shape index (κ2) is 8.56. The maximum absolute atomic E-state index is 13.8. The van der Waals surface area contributed by atoms with Crippen LogP contribution in [0.4, 0.5) is 8.78 Å². The van der Waals surface area contributed by atoms with Crippen LogP contribution in [-0.2, 0) is 11.4 Å². The second-order valence-electron chi connectivity index (χ2n) is 6.83. The van der Waals surface area contributed by atoms with Crippen molar-refractivity contribution in [1.82, 2.24) is 4.90 Å². The standard InChI is InChI=1S/C21H21F2NO6/c1-28-16-8-14(19(25)24-12-21(22,23)10-15(24)20(26)27)9-17(29-2)18(16)30-11-13-6-4-3-5-7-13/h3-9,15H,10-12H2,1-2H3,(H,26,27)/t15-/m0/s1. The van der Waals surface area contributed by atoms with Crippen LogP contribution in [-0.4, -0.2) is 54.6 Å². The van der Waals surface area contributed by atoms with Gasteiger partial charge in [0.2, 0.25) is 5.75 Å². The van der Waals surface area contributed by atoms with Gasteiger partial charge in [0.1, 0.15) is 12.6 Å². The molecule has 1 aliphatic heterocycles. The minimum atomic E-state index is -3.27. The number of alkyl halides is 2. The number of carbonyl (C=O) groups excluding carboxylic acids is 1. The number of rotatable bonds is 7. The number of methoxy groups -OCH3 is 2. The highest BCUT2D eigenvalue weighted by molar-refractivity contribution is 5.98. The summed E-state index contributed by atoms with van der Waals surface area (Å²) in [7, 11) is 2.73. The van der Waals surface area contributed by atoms with E-state index in [1.807, 2.05) is 30.3 Å². The van der Waals surface area contributed by atoms with E-state index in [4.69, 9.17) is 14.2 Å². The summed E-state index contributed by atoms with van der Waals surface area (Å²) in [4.78, 5) is 24.9. The monoisotopic (exact) mass is 421 g/mol. The zero-order chi connectivity index (χ0) is 21.9. The van der Waals surface area contributed by atoms with Gasteiger partial charge in [-0.2, -0.15) is 0 Å². The largest absolute Gasteiger partial charge is 0.493 e. The van der Waals surface area contributed by atoms with Crippen molar-refractivity contribution in [1.29, 1.82) is 0 Å². The van der Waals surface area contributed by atoms with Gasteiger partial charge in [0, 0.05) is 12.0 Å². The number of likely N-dealkylation sites (tertiary alicyclic amines) is 1. The number of nitrogens with zero attached hydrogens (tertiary/aromatic N) is 1. The molecular formula is C21H21F2NO6. The summed E-state index contributed by atoms with van der Waals surface area (Å²) in [6.45, 7) is -0.764. The zero-order valence-electron chi connectivity index (χ0n) is 16.4. The lowest BCUT2D eigenvalue weighted by atomic mass is 10.1. The van der Waals surface area contributed by atoms with Gasteiger partial charge in [-0.3, -0.25) is 4.79 Å². The molecule has 0 bridgehead atoms. The van der Waals surface area contributed by atoms with Gasteiger partial charge >= 0.3 is 5.97 Å². The molecule has 1 fully saturated rings. The fourth-order valence-corrected chi connectivity index (χ4v) is 3.29. The Morgan fingerprint density at radius 3 is 2.27 bits per heavy atom. The highest BCUT2D eigenvalue weighted by Gasteiger charge is 2.50. The third kappa shape index (κ3) is 4.45. The van der Waals surface area contributed by atoms with Crippen LogP contribution in [0.2, 0.25) is 0 Å². The molecule has 1 heterocycles. The number of carbonyl (C=O) groups is 2. The van der Waals surface area contributed by atoms with E-state index in [0.717, 1.165) is 5.56 Å². The van der Waals surface area contributed by atoms with Crippen molar-refractivity contribution in [2.75, 3.05) is 20.8 Å². The van der Waals surface area contributed by atoms with Gasteiger partial charge in [0.25, 0.3) is 11.8 Å². The first-order valence-electron chi connectivity index (χ1n) is 9.10. The van der Waals surface area contributed by atoms with Gasteiger partial charge in [0.15, 0.2) is 11.5 Å². The average molecular weight is 421 g/mol. The molecule has 1 atom stereocenters. The Bertz CT molecular complexity index is 909. The van der Waals surface area contributed by atoms with E-state index < -0.39 is 36.8 Å². The number of carboxylic acids is 1. The molecule has 160 valence electrons. The molecule has 7 nitrogen and oxygen atoms in total. The third-order valence-electron chi connectivity index (χ3n) is 4.75. The van der Waals surface area contributed by atoms with Crippen molar-refractivity contribution in [3.8, 4) is 17.2 Å². The topological polar surface area (TPSA) is 85.3 Å². The van der Waals surface area contributed by atoms with Crippen molar-refractivity contribution in [3.63, 3.8) is 0 Å². The highest BCUT2D eigenvalue weighted by atomic mass is 19.3. The van der Waals surface area contributed by atoms with Crippen LogP contribution in [0.25, 0.3) is 0 Å². The predicted molar refractivity (Wildman–Crippen MR) is 102 cm³/mol. The molecule has 2 aromatic carbocycles. The van der Waals surface area contributed by atoms with Gasteiger partial charge in [0.05, 0.1) is 20.8 Å². The van der Waals surface area contributed by atoms with Crippen LogP contribution in [0, 0.1) is 0 Å². The Kier molecular flexibility index (Phi) is 6.09. The predicted octanol–water partition coefficient (Wildman–Crippen LogP) is 3.22. The van der Waals surface area contributed by atoms with E-state index in [1.54, 1.807) is 0 Å². The van der Waals surface area contributed by atoms with Crippen LogP contribution in [0.15, 0.2) is 42.5 Å². The number of benzene rings is 2. The van der Waals surface area contributed by atoms with E-state index in [0.29, 0.717) is 4.90 Å². The summed E-state index contributed by atoms with van der Waals surface area (Å²) in [5.41, 5.74) is 0.852. The number of halogens is 2. The minimum absolute atomic E-state index is 0.0419. The van der Waals surface area contributed by atoms with Gasteiger partial charge in [-0.25, -0.2) is 13.6 Å². The molecule has 1 saturated heterocycles. The summed E-state index contributed by atoms with van der Waals surface area (Å²) in [6.07, 6.45) is -0.930. The number of hydrogen-bond donors (Lipinski definition) is 1. The molecule has 1 N–H and O–H groups in total. The molecular weight excluding hydrogens is 400 g/mol. The van der Waals surface area contributed by atoms with E-state index in [-0.39, 0.29) is 29.4 Å². The lowest BCUT2D eigenvalue weighted by molar-refractivity contribution is -0.141. The van der Waals surface area contributed by atoms with Gasteiger partial charge in [-0.15, -0.1) is 0 Å². The quantitative estimate of drug-likeness (QED) is 0.739. The Balaban J connectivity index is 1.90. The number of hydrogen-bond acceptors (Lipinski definition) is 5. The van der Waals surface area contributed by atoms with Crippen molar-refractivity contribution in [2.45, 2.75) is 25.0 Å². The molecule has 0 aromatic heterocycles. The maximum atomic E-state index is 13.8. The van der Waals surface area contributed by atoms with E-state index in [2.05, 4.69) is 0 Å². The summed E-state index contributed by atoms with van der Waals surface area (Å²) in [5, 5.41) is 9.24. The Morgan fingerprint density at radius 2 is 1.73 bits per heavy atom. The third-order valence-corrected chi connectivity index (χ3v) is 4.75. The molecule has 30 heavy (non-hydrogen) atoms. The van der Waals surface area contributed by atoms with Crippen LogP contribution < -0.4 is 14.2 Å². The molecule has 1 aliphatic rings. The lowest BCUT2D eigenvalue weighted by Gasteiger charge is -2.22. The summed E-state index contributed by atoms with van der Waals surface area (Å²) < 4.78 is 44.0. The molecule has 0 spiro atoms. The van der Waals surface area contributed by atoms with Gasteiger partial charge in [-0.05, 0) is 17.7 Å². The Labute approximate surface area is 171 Å². The summed E-state index contributed by atoms with van der Waals surface area (Å²) in [6, 6.07) is 10.4. The smallest absolute Gasteiger partial charge is 0.326 e. The molecule has 2 aromatic rings. The van der Waals surface area contributed by atoms with Gasteiger partial charge in [-0.1, -0.05) is 30.3 Å². The Hall–Kier alpha value is -3.36. The number of aliphatic carboxylic acids is 1. The van der Waals surface area contributed by atoms with Crippen LogP contribution in [0.1, 0.15) is 22.3 Å². The molecule has 0 saturated carbocycles. The van der Waals surface area contributed by atoms with E-state index >= 15 is 0 Å². The van der Waals surface area contributed by atoms with Crippen LogP contribution >= 0.6 is 0 Å². The molecule has 1 amide bonds. The van der Waals surface area contributed by atoms with E-state index in [9.17, 15) is 23.5 Å². The van der Waals surface area contributed by atoms with Crippen molar-refractivity contribution >= 4 is 11.9 Å². The zero-order valence-corrected chi connectivity index (χ0v) is 16.4. The van der Waals surface area contributed by atoms with Crippen molar-refractivity contribution in [2.24, 2.45) is 0 Å². The minimum Gasteiger partial charge on any atom is -0.493 e. The molecule has 0 aliphatic carbocycles. The summed E-state index contributed by atoms with van der Waals surface area (Å²) >= 11 is 0. The second-order valence-corrected chi connectivity index (χ2v) is 6.83. The first-order chi connectivity index (χ1) is 14.3. The number of amides is 1. The molecule has 3 rings (SSSR count). The maximum Gasteiger partial charge on any atom is 0.326 e. The molecule has 9 heteroatoms. The fourth-order valence-electron chi connectivity index (χ4n) is 3.29. The molecule has 0 radical (unpaired) electrons. The van der Waals surface area contributed by atoms with Crippen molar-refractivity contribution in [3.05, 3.63) is 53.6 Å².